The van der Waals surface area contributed by atoms with E-state index >= 15 is 0 Å². The molecular formula is C11H12N2O2S. The van der Waals surface area contributed by atoms with E-state index in [0.717, 1.165) is 30.6 Å². The number of nitrogens with zero attached hydrogens (tertiary/aromatic N) is 1. The van der Waals surface area contributed by atoms with Crippen LogP contribution in [0.5, 0.6) is 0 Å². The Morgan fingerprint density at radius 3 is 2.88 bits per heavy atom. The van der Waals surface area contributed by atoms with Gasteiger partial charge in [-0.1, -0.05) is 0 Å². The lowest BCUT2D eigenvalue weighted by molar-refractivity contribution is -0.117. The number of amides is 1. The van der Waals surface area contributed by atoms with Gasteiger partial charge in [0.2, 0.25) is 5.91 Å². The highest BCUT2D eigenvalue weighted by atomic mass is 32.1. The first-order valence-corrected chi connectivity index (χ1v) is 6.39. The Morgan fingerprint density at radius 2 is 2.19 bits per heavy atom. The van der Waals surface area contributed by atoms with E-state index < -0.39 is 0 Å². The summed E-state index contributed by atoms with van der Waals surface area (Å²) in [6.45, 7) is 0. The van der Waals surface area contributed by atoms with E-state index in [9.17, 15) is 9.59 Å². The summed E-state index contributed by atoms with van der Waals surface area (Å²) in [4.78, 5) is 28.4. The first-order valence-electron chi connectivity index (χ1n) is 5.58. The molecule has 0 radical (unpaired) electrons. The molecule has 1 aromatic rings. The van der Waals surface area contributed by atoms with Crippen molar-refractivity contribution < 1.29 is 9.59 Å². The summed E-state index contributed by atoms with van der Waals surface area (Å²) in [6.07, 6.45) is 4.38. The molecule has 2 aliphatic rings. The fraction of sp³-hybridized carbons (Fsp3) is 0.545. The van der Waals surface area contributed by atoms with E-state index in [1.165, 1.54) is 11.3 Å². The number of ketones is 1. The van der Waals surface area contributed by atoms with E-state index in [0.29, 0.717) is 17.2 Å². The van der Waals surface area contributed by atoms with Crippen LogP contribution in [0.3, 0.4) is 0 Å². The van der Waals surface area contributed by atoms with Crippen molar-refractivity contribution >= 4 is 28.2 Å². The molecule has 0 aromatic carbocycles. The Balaban J connectivity index is 1.80. The average Bonchev–Trinajstić information content (AvgIpc) is 3.01. The van der Waals surface area contributed by atoms with Crippen LogP contribution in [0.1, 0.15) is 41.0 Å². The standard InChI is InChI=1S/C11H12N2O2S/c14-7-2-1-3-8-9(7)12-11(16-8)13-10(15)6-4-5-6/h6H,1-5H2,(H,12,13,15). The second-order valence-electron chi connectivity index (χ2n) is 4.33. The Kier molecular flexibility index (Phi) is 2.28. The molecule has 16 heavy (non-hydrogen) atoms. The zero-order chi connectivity index (χ0) is 11.1. The van der Waals surface area contributed by atoms with Crippen LogP contribution in [-0.2, 0) is 11.2 Å². The number of carbonyl (C=O) groups is 2. The van der Waals surface area contributed by atoms with Crippen molar-refractivity contribution in [2.75, 3.05) is 5.32 Å². The van der Waals surface area contributed by atoms with Gasteiger partial charge in [0.05, 0.1) is 0 Å². The van der Waals surface area contributed by atoms with Gasteiger partial charge in [-0.3, -0.25) is 9.59 Å². The summed E-state index contributed by atoms with van der Waals surface area (Å²) < 4.78 is 0. The molecule has 1 heterocycles. The van der Waals surface area contributed by atoms with Crippen molar-refractivity contribution in [2.45, 2.75) is 32.1 Å². The molecule has 1 fully saturated rings. The minimum absolute atomic E-state index is 0.0542. The smallest absolute Gasteiger partial charge is 0.229 e. The molecule has 0 aliphatic heterocycles. The lowest BCUT2D eigenvalue weighted by Crippen LogP contribution is -2.13. The first kappa shape index (κ1) is 9.96. The summed E-state index contributed by atoms with van der Waals surface area (Å²) in [6, 6.07) is 0. The van der Waals surface area contributed by atoms with Crippen LogP contribution < -0.4 is 5.32 Å². The highest BCUT2D eigenvalue weighted by molar-refractivity contribution is 7.16. The fourth-order valence-electron chi connectivity index (χ4n) is 1.87. The van der Waals surface area contributed by atoms with E-state index in [4.69, 9.17) is 0 Å². The molecule has 0 unspecified atom stereocenters. The molecule has 4 nitrogen and oxygen atoms in total. The van der Waals surface area contributed by atoms with Crippen molar-refractivity contribution in [1.82, 2.24) is 4.98 Å². The maximum atomic E-state index is 11.6. The Hall–Kier alpha value is -1.23. The monoisotopic (exact) mass is 236 g/mol. The predicted molar refractivity (Wildman–Crippen MR) is 60.7 cm³/mol. The number of thiazole rings is 1. The van der Waals surface area contributed by atoms with Crippen molar-refractivity contribution in [1.29, 1.82) is 0 Å². The number of aromatic nitrogens is 1. The minimum Gasteiger partial charge on any atom is -0.302 e. The van der Waals surface area contributed by atoms with Gasteiger partial charge in [-0.05, 0) is 25.7 Å². The van der Waals surface area contributed by atoms with Gasteiger partial charge in [-0.15, -0.1) is 11.3 Å². The lowest BCUT2D eigenvalue weighted by Gasteiger charge is -2.05. The van der Waals surface area contributed by atoms with Gasteiger partial charge in [0, 0.05) is 17.2 Å². The summed E-state index contributed by atoms with van der Waals surface area (Å²) >= 11 is 1.45. The lowest BCUT2D eigenvalue weighted by atomic mass is 10.0. The number of hydrogen-bond donors (Lipinski definition) is 1. The first-order chi connectivity index (χ1) is 7.74. The molecule has 0 saturated heterocycles. The van der Waals surface area contributed by atoms with E-state index in [1.807, 2.05) is 0 Å². The second-order valence-corrected chi connectivity index (χ2v) is 5.41. The van der Waals surface area contributed by atoms with Gasteiger partial charge in [0.15, 0.2) is 10.9 Å². The third-order valence-electron chi connectivity index (χ3n) is 2.95. The molecule has 1 saturated carbocycles. The van der Waals surface area contributed by atoms with Crippen LogP contribution in [-0.4, -0.2) is 16.7 Å². The van der Waals surface area contributed by atoms with E-state index in [1.54, 1.807) is 0 Å². The Morgan fingerprint density at radius 1 is 1.38 bits per heavy atom. The molecule has 2 aliphatic carbocycles. The SMILES string of the molecule is O=C1CCCc2sc(NC(=O)C3CC3)nc21. The van der Waals surface area contributed by atoms with Crippen molar-refractivity contribution in [3.05, 3.63) is 10.6 Å². The summed E-state index contributed by atoms with van der Waals surface area (Å²) in [7, 11) is 0. The third kappa shape index (κ3) is 1.75. The van der Waals surface area contributed by atoms with Gasteiger partial charge < -0.3 is 5.32 Å². The molecule has 0 atom stereocenters. The normalized spacial score (nSPS) is 19.4. The number of fused-ring (bicyclic) bond motifs is 1. The summed E-state index contributed by atoms with van der Waals surface area (Å²) in [5.41, 5.74) is 0.586. The molecule has 1 aromatic heterocycles. The van der Waals surface area contributed by atoms with Crippen LogP contribution in [0.4, 0.5) is 5.13 Å². The summed E-state index contributed by atoms with van der Waals surface area (Å²) in [5, 5.41) is 3.39. The number of anilines is 1. The zero-order valence-electron chi connectivity index (χ0n) is 8.78. The van der Waals surface area contributed by atoms with Gasteiger partial charge in [0.1, 0.15) is 5.69 Å². The quantitative estimate of drug-likeness (QED) is 0.854. The van der Waals surface area contributed by atoms with Crippen LogP contribution in [0.15, 0.2) is 0 Å². The van der Waals surface area contributed by atoms with Crippen LogP contribution in [0.25, 0.3) is 0 Å². The predicted octanol–water partition coefficient (Wildman–Crippen LogP) is 2.01. The number of hydrogen-bond acceptors (Lipinski definition) is 4. The number of aryl methyl sites for hydroxylation is 1. The minimum atomic E-state index is 0.0542. The zero-order valence-corrected chi connectivity index (χ0v) is 9.60. The van der Waals surface area contributed by atoms with E-state index in [2.05, 4.69) is 10.3 Å². The molecule has 0 spiro atoms. The second kappa shape index (κ2) is 3.66. The number of Topliss-reactive ketones (excluding diaryl/α,β-unsaturated/α-hetero) is 1. The van der Waals surface area contributed by atoms with Gasteiger partial charge in [0.25, 0.3) is 0 Å². The van der Waals surface area contributed by atoms with Crippen LogP contribution >= 0.6 is 11.3 Å². The highest BCUT2D eigenvalue weighted by Gasteiger charge is 2.31. The number of rotatable bonds is 2. The molecule has 84 valence electrons. The van der Waals surface area contributed by atoms with Gasteiger partial charge in [-0.2, -0.15) is 0 Å². The maximum absolute atomic E-state index is 11.6. The van der Waals surface area contributed by atoms with Gasteiger partial charge in [-0.25, -0.2) is 4.98 Å². The Bertz CT molecular complexity index is 463. The van der Waals surface area contributed by atoms with Crippen molar-refractivity contribution in [3.8, 4) is 0 Å². The number of carbonyl (C=O) groups excluding carboxylic acids is 2. The molecule has 1 N–H and O–H groups in total. The molecular weight excluding hydrogens is 224 g/mol. The number of nitrogens with one attached hydrogen (secondary N) is 1. The molecule has 3 rings (SSSR count). The molecule has 0 bridgehead atoms. The van der Waals surface area contributed by atoms with Crippen LogP contribution in [0.2, 0.25) is 0 Å². The maximum Gasteiger partial charge on any atom is 0.229 e. The van der Waals surface area contributed by atoms with Crippen molar-refractivity contribution in [2.24, 2.45) is 5.92 Å². The molecule has 1 amide bonds. The third-order valence-corrected chi connectivity index (χ3v) is 3.98. The molecule has 5 heteroatoms. The largest absolute Gasteiger partial charge is 0.302 e. The topological polar surface area (TPSA) is 59.1 Å². The fourth-order valence-corrected chi connectivity index (χ4v) is 2.90. The summed E-state index contributed by atoms with van der Waals surface area (Å²) in [5.74, 6) is 0.347. The van der Waals surface area contributed by atoms with Gasteiger partial charge >= 0.3 is 0 Å². The Labute approximate surface area is 97.1 Å². The highest BCUT2D eigenvalue weighted by Crippen LogP contribution is 2.33. The van der Waals surface area contributed by atoms with E-state index in [-0.39, 0.29) is 17.6 Å². The van der Waals surface area contributed by atoms with Crippen molar-refractivity contribution in [3.63, 3.8) is 0 Å². The van der Waals surface area contributed by atoms with Crippen LogP contribution in [0, 0.1) is 5.92 Å². The average molecular weight is 236 g/mol.